The molecule has 0 radical (unpaired) electrons. The molecule has 2 heterocycles. The topological polar surface area (TPSA) is 95.1 Å². The number of nitrogens with one attached hydrogen (secondary N) is 1. The zero-order chi connectivity index (χ0) is 24.8. The summed E-state index contributed by atoms with van der Waals surface area (Å²) in [6, 6.07) is 14.0. The maximum Gasteiger partial charge on any atom is 0.255 e. The monoisotopic (exact) mass is 469 g/mol. The first kappa shape index (κ1) is 23.5. The van der Waals surface area contributed by atoms with Gasteiger partial charge in [0.05, 0.1) is 11.8 Å². The molecule has 0 spiro atoms. The number of halogens is 1. The quantitative estimate of drug-likeness (QED) is 0.409. The van der Waals surface area contributed by atoms with Gasteiger partial charge in [0, 0.05) is 47.4 Å². The molecule has 1 amide bonds. The highest BCUT2D eigenvalue weighted by atomic mass is 19.1. The Labute approximate surface area is 202 Å². The summed E-state index contributed by atoms with van der Waals surface area (Å²) in [6.45, 7) is 1.36. The van der Waals surface area contributed by atoms with Crippen molar-refractivity contribution in [3.8, 4) is 28.7 Å². The van der Waals surface area contributed by atoms with Crippen LogP contribution in [0.4, 0.5) is 15.9 Å². The van der Waals surface area contributed by atoms with E-state index in [-0.39, 0.29) is 12.5 Å². The normalized spacial score (nSPS) is 10.4. The van der Waals surface area contributed by atoms with Crippen molar-refractivity contribution in [3.05, 3.63) is 89.4 Å². The van der Waals surface area contributed by atoms with Gasteiger partial charge < -0.3 is 15.8 Å². The molecule has 0 unspecified atom stereocenters. The number of anilines is 2. The number of nitrogens with zero attached hydrogens (tertiary/aromatic N) is 3. The van der Waals surface area contributed by atoms with Gasteiger partial charge in [-0.2, -0.15) is 5.10 Å². The molecule has 35 heavy (non-hydrogen) atoms. The van der Waals surface area contributed by atoms with E-state index in [2.05, 4.69) is 27.2 Å². The standard InChI is InChI=1S/C27H24FN5O2/c1-18-3-4-21(27(34)32-24-7-9-25(10-8-24)35-12-11-28)13-19(18)5-6-20-14-22(15-30-26(20)29)23-16-31-33(2)17-23/h3-4,7-10,13-17H,11-12H2,1-2H3,(H2,29,30)(H,32,34). The van der Waals surface area contributed by atoms with Crippen LogP contribution in [0.1, 0.15) is 27.0 Å². The number of carbonyl (C=O) groups excluding carboxylic acids is 1. The fourth-order valence-corrected chi connectivity index (χ4v) is 3.33. The third-order valence-electron chi connectivity index (χ3n) is 5.25. The fraction of sp³-hybridized carbons (Fsp3) is 0.148. The number of rotatable bonds is 6. The number of hydrogen-bond acceptors (Lipinski definition) is 5. The van der Waals surface area contributed by atoms with Gasteiger partial charge >= 0.3 is 0 Å². The average Bonchev–Trinajstić information content (AvgIpc) is 3.30. The highest BCUT2D eigenvalue weighted by molar-refractivity contribution is 6.04. The average molecular weight is 470 g/mol. The largest absolute Gasteiger partial charge is 0.491 e. The van der Waals surface area contributed by atoms with Crippen LogP contribution in [-0.2, 0) is 7.05 Å². The highest BCUT2D eigenvalue weighted by Crippen LogP contribution is 2.21. The molecule has 0 aliphatic carbocycles. The van der Waals surface area contributed by atoms with Gasteiger partial charge in [0.1, 0.15) is 24.8 Å². The molecule has 4 aromatic rings. The van der Waals surface area contributed by atoms with Crippen LogP contribution in [0.3, 0.4) is 0 Å². The van der Waals surface area contributed by atoms with Crippen molar-refractivity contribution in [1.29, 1.82) is 0 Å². The van der Waals surface area contributed by atoms with Crippen LogP contribution in [0.2, 0.25) is 0 Å². The van der Waals surface area contributed by atoms with E-state index >= 15 is 0 Å². The van der Waals surface area contributed by atoms with E-state index in [0.29, 0.717) is 33.9 Å². The van der Waals surface area contributed by atoms with Crippen molar-refractivity contribution < 1.29 is 13.9 Å². The van der Waals surface area contributed by atoms with Gasteiger partial charge in [0.15, 0.2) is 0 Å². The number of carbonyl (C=O) groups is 1. The lowest BCUT2D eigenvalue weighted by atomic mass is 10.0. The summed E-state index contributed by atoms with van der Waals surface area (Å²) in [4.78, 5) is 17.0. The van der Waals surface area contributed by atoms with Crippen LogP contribution < -0.4 is 15.8 Å². The first-order valence-corrected chi connectivity index (χ1v) is 10.9. The summed E-state index contributed by atoms with van der Waals surface area (Å²) in [5, 5.41) is 7.03. The Morgan fingerprint density at radius 1 is 1.09 bits per heavy atom. The van der Waals surface area contributed by atoms with E-state index in [1.807, 2.05) is 32.3 Å². The number of hydrogen-bond donors (Lipinski definition) is 2. The number of nitrogens with two attached hydrogens (primary N) is 1. The summed E-state index contributed by atoms with van der Waals surface area (Å²) in [6.07, 6.45) is 5.33. The molecule has 0 saturated carbocycles. The van der Waals surface area contributed by atoms with E-state index in [4.69, 9.17) is 10.5 Å². The van der Waals surface area contributed by atoms with Crippen LogP contribution >= 0.6 is 0 Å². The molecule has 2 aromatic carbocycles. The maximum absolute atomic E-state index is 12.8. The van der Waals surface area contributed by atoms with Gasteiger partial charge in [-0.25, -0.2) is 9.37 Å². The van der Waals surface area contributed by atoms with E-state index < -0.39 is 6.67 Å². The highest BCUT2D eigenvalue weighted by Gasteiger charge is 2.09. The molecule has 8 heteroatoms. The molecule has 0 atom stereocenters. The van der Waals surface area contributed by atoms with Crippen molar-refractivity contribution in [1.82, 2.24) is 14.8 Å². The van der Waals surface area contributed by atoms with E-state index in [1.165, 1.54) is 0 Å². The summed E-state index contributed by atoms with van der Waals surface area (Å²) < 4.78 is 19.2. The number of pyridine rings is 1. The van der Waals surface area contributed by atoms with Gasteiger partial charge in [0.2, 0.25) is 0 Å². The number of alkyl halides is 1. The maximum atomic E-state index is 12.8. The second-order valence-electron chi connectivity index (χ2n) is 7.86. The van der Waals surface area contributed by atoms with Crippen molar-refractivity contribution in [2.24, 2.45) is 7.05 Å². The SMILES string of the molecule is Cc1ccc(C(=O)Nc2ccc(OCCF)cc2)cc1C#Cc1cc(-c2cnn(C)c2)cnc1N. The third-order valence-corrected chi connectivity index (χ3v) is 5.25. The first-order chi connectivity index (χ1) is 16.9. The predicted octanol–water partition coefficient (Wildman–Crippen LogP) is 4.37. The molecule has 176 valence electrons. The summed E-state index contributed by atoms with van der Waals surface area (Å²) in [5.74, 6) is 6.80. The van der Waals surface area contributed by atoms with Gasteiger partial charge in [-0.05, 0) is 55.0 Å². The molecule has 2 aromatic heterocycles. The van der Waals surface area contributed by atoms with Gasteiger partial charge in [-0.15, -0.1) is 0 Å². The van der Waals surface area contributed by atoms with Gasteiger partial charge in [-0.1, -0.05) is 17.9 Å². The van der Waals surface area contributed by atoms with E-state index in [9.17, 15) is 9.18 Å². The van der Waals surface area contributed by atoms with Crippen molar-refractivity contribution >= 4 is 17.4 Å². The van der Waals surface area contributed by atoms with Crippen LogP contribution in [0.15, 0.2) is 67.1 Å². The third kappa shape index (κ3) is 5.84. The Morgan fingerprint density at radius 2 is 1.86 bits per heavy atom. The lowest BCUT2D eigenvalue weighted by Gasteiger charge is -2.08. The Morgan fingerprint density at radius 3 is 2.57 bits per heavy atom. The van der Waals surface area contributed by atoms with Gasteiger partial charge in [0.25, 0.3) is 5.91 Å². The lowest BCUT2D eigenvalue weighted by molar-refractivity contribution is 0.102. The number of benzene rings is 2. The summed E-state index contributed by atoms with van der Waals surface area (Å²) in [5.41, 5.74) is 11.1. The van der Waals surface area contributed by atoms with Crippen LogP contribution in [0.5, 0.6) is 5.75 Å². The number of ether oxygens (including phenoxy) is 1. The Bertz CT molecular complexity index is 1420. The second kappa shape index (κ2) is 10.5. The molecule has 4 rings (SSSR count). The Balaban J connectivity index is 1.53. The molecular weight excluding hydrogens is 445 g/mol. The first-order valence-electron chi connectivity index (χ1n) is 10.9. The van der Waals surface area contributed by atoms with Crippen LogP contribution in [0, 0.1) is 18.8 Å². The molecule has 0 bridgehead atoms. The minimum atomic E-state index is -0.559. The molecule has 3 N–H and O–H groups in total. The zero-order valence-electron chi connectivity index (χ0n) is 19.4. The van der Waals surface area contributed by atoms with Gasteiger partial charge in [-0.3, -0.25) is 9.48 Å². The van der Waals surface area contributed by atoms with Crippen LogP contribution in [0.25, 0.3) is 11.1 Å². The zero-order valence-corrected chi connectivity index (χ0v) is 19.4. The number of amides is 1. The number of aryl methyl sites for hydroxylation is 2. The van der Waals surface area contributed by atoms with Crippen LogP contribution in [-0.4, -0.2) is 34.0 Å². The molecule has 0 aliphatic heterocycles. The molecule has 0 aliphatic rings. The van der Waals surface area contributed by atoms with Crippen molar-refractivity contribution in [2.75, 3.05) is 24.3 Å². The van der Waals surface area contributed by atoms with E-state index in [1.54, 1.807) is 53.5 Å². The number of aromatic nitrogens is 3. The number of nitrogen functional groups attached to an aromatic ring is 1. The lowest BCUT2D eigenvalue weighted by Crippen LogP contribution is -2.12. The predicted molar refractivity (Wildman–Crippen MR) is 134 cm³/mol. The summed E-state index contributed by atoms with van der Waals surface area (Å²) >= 11 is 0. The minimum absolute atomic E-state index is 0.00560. The van der Waals surface area contributed by atoms with E-state index in [0.717, 1.165) is 16.7 Å². The van der Waals surface area contributed by atoms with Crippen molar-refractivity contribution in [3.63, 3.8) is 0 Å². The van der Waals surface area contributed by atoms with Crippen molar-refractivity contribution in [2.45, 2.75) is 6.92 Å². The minimum Gasteiger partial charge on any atom is -0.491 e. The fourth-order valence-electron chi connectivity index (χ4n) is 3.33. The molecule has 0 fully saturated rings. The molecule has 0 saturated heterocycles. The Hall–Kier alpha value is -4.64. The Kier molecular flexibility index (Phi) is 7.07. The summed E-state index contributed by atoms with van der Waals surface area (Å²) in [7, 11) is 1.85. The smallest absolute Gasteiger partial charge is 0.255 e. The second-order valence-corrected chi connectivity index (χ2v) is 7.86. The molecular formula is C27H24FN5O2. The molecule has 7 nitrogen and oxygen atoms in total.